The smallest absolute Gasteiger partial charge is 0.161 e. The Bertz CT molecular complexity index is 1980. The number of pyridine rings is 2. The Labute approximate surface area is 236 Å². The van der Waals surface area contributed by atoms with Crippen molar-refractivity contribution >= 4 is 22.1 Å². The van der Waals surface area contributed by atoms with E-state index in [0.717, 1.165) is 62.3 Å². The second-order valence-corrected chi connectivity index (χ2v) is 9.85. The van der Waals surface area contributed by atoms with Crippen molar-refractivity contribution < 1.29 is 4.74 Å². The maximum absolute atomic E-state index is 5.43. The molecule has 0 saturated carbocycles. The van der Waals surface area contributed by atoms with Gasteiger partial charge in [-0.05, 0) is 53.1 Å². The summed E-state index contributed by atoms with van der Waals surface area (Å²) in [5.41, 5.74) is 10.2. The van der Waals surface area contributed by atoms with E-state index in [1.165, 1.54) is 5.56 Å². The molecule has 8 nitrogen and oxygen atoms in total. The number of aromatic amines is 2. The first-order valence-electron chi connectivity index (χ1n) is 13.4. The van der Waals surface area contributed by atoms with Crippen LogP contribution in [0.5, 0.6) is 5.75 Å². The van der Waals surface area contributed by atoms with E-state index >= 15 is 0 Å². The Hall–Kier alpha value is -5.34. The van der Waals surface area contributed by atoms with Crippen LogP contribution in [0, 0.1) is 0 Å². The minimum absolute atomic E-state index is 0.656. The summed E-state index contributed by atoms with van der Waals surface area (Å²) in [6.07, 6.45) is 3.73. The third-order valence-electron chi connectivity index (χ3n) is 7.12. The van der Waals surface area contributed by atoms with E-state index in [1.54, 1.807) is 7.11 Å². The van der Waals surface area contributed by atoms with Crippen molar-refractivity contribution in [2.75, 3.05) is 7.11 Å². The third-order valence-corrected chi connectivity index (χ3v) is 7.12. The van der Waals surface area contributed by atoms with Gasteiger partial charge in [-0.3, -0.25) is 10.1 Å². The highest BCUT2D eigenvalue weighted by Crippen LogP contribution is 2.33. The molecule has 0 aliphatic rings. The number of imidazole rings is 1. The molecule has 0 aliphatic carbocycles. The molecule has 0 spiro atoms. The van der Waals surface area contributed by atoms with Crippen LogP contribution in [0.1, 0.15) is 11.1 Å². The van der Waals surface area contributed by atoms with Crippen LogP contribution in [0.4, 0.5) is 0 Å². The van der Waals surface area contributed by atoms with Gasteiger partial charge in [0.05, 0.1) is 29.4 Å². The molecule has 0 radical (unpaired) electrons. The lowest BCUT2D eigenvalue weighted by molar-refractivity contribution is 0.415. The molecule has 0 saturated heterocycles. The van der Waals surface area contributed by atoms with Crippen LogP contribution < -0.4 is 10.1 Å². The lowest BCUT2D eigenvalue weighted by Crippen LogP contribution is -2.12. The highest BCUT2D eigenvalue weighted by atomic mass is 16.5. The predicted octanol–water partition coefficient (Wildman–Crippen LogP) is 6.53. The Balaban J connectivity index is 1.20. The first-order valence-corrected chi connectivity index (χ1v) is 13.4. The van der Waals surface area contributed by atoms with E-state index in [0.29, 0.717) is 18.1 Å². The summed E-state index contributed by atoms with van der Waals surface area (Å²) >= 11 is 0. The molecule has 3 N–H and O–H groups in total. The van der Waals surface area contributed by atoms with E-state index in [4.69, 9.17) is 14.7 Å². The summed E-state index contributed by atoms with van der Waals surface area (Å²) in [4.78, 5) is 17.9. The van der Waals surface area contributed by atoms with Crippen LogP contribution in [-0.4, -0.2) is 37.2 Å². The van der Waals surface area contributed by atoms with Gasteiger partial charge in [-0.2, -0.15) is 5.10 Å². The molecule has 0 amide bonds. The molecule has 7 aromatic rings. The molecule has 0 unspecified atom stereocenters. The Kier molecular flexibility index (Phi) is 6.42. The maximum atomic E-state index is 5.43. The summed E-state index contributed by atoms with van der Waals surface area (Å²) in [6.45, 7) is 1.51. The number of benzene rings is 3. The Morgan fingerprint density at radius 3 is 2.51 bits per heavy atom. The van der Waals surface area contributed by atoms with Gasteiger partial charge in [0.1, 0.15) is 11.3 Å². The zero-order valence-corrected chi connectivity index (χ0v) is 22.4. The quantitative estimate of drug-likeness (QED) is 0.204. The Morgan fingerprint density at radius 1 is 0.732 bits per heavy atom. The second kappa shape index (κ2) is 10.7. The number of nitrogens with one attached hydrogen (secondary N) is 3. The lowest BCUT2D eigenvalue weighted by Gasteiger charge is -2.07. The molecule has 8 heteroatoms. The second-order valence-electron chi connectivity index (χ2n) is 9.85. The summed E-state index contributed by atoms with van der Waals surface area (Å²) in [5.74, 6) is 1.46. The maximum Gasteiger partial charge on any atom is 0.161 e. The SMILES string of the molecule is COc1cccc(-c2cccc3[nH]c(-c4n[nH]c5ccc(-c6cncc(CNCc7ccccc7)c6)nc45)nc23)c1. The van der Waals surface area contributed by atoms with E-state index in [-0.39, 0.29) is 0 Å². The molecule has 41 heavy (non-hydrogen) atoms. The van der Waals surface area contributed by atoms with E-state index < -0.39 is 0 Å². The zero-order chi connectivity index (χ0) is 27.6. The monoisotopic (exact) mass is 537 g/mol. The number of H-pyrrole nitrogens is 2. The van der Waals surface area contributed by atoms with Gasteiger partial charge in [-0.1, -0.05) is 54.6 Å². The largest absolute Gasteiger partial charge is 0.497 e. The number of fused-ring (bicyclic) bond motifs is 2. The minimum atomic E-state index is 0.656. The molecule has 4 heterocycles. The number of para-hydroxylation sites is 1. The number of nitrogens with zero attached hydrogens (tertiary/aromatic N) is 4. The molecule has 0 atom stereocenters. The van der Waals surface area contributed by atoms with Crippen molar-refractivity contribution in [1.29, 1.82) is 0 Å². The average molecular weight is 538 g/mol. The van der Waals surface area contributed by atoms with Crippen molar-refractivity contribution in [1.82, 2.24) is 35.5 Å². The molecule has 4 aromatic heterocycles. The molecular weight excluding hydrogens is 510 g/mol. The lowest BCUT2D eigenvalue weighted by atomic mass is 10.0. The van der Waals surface area contributed by atoms with Crippen molar-refractivity contribution in [3.63, 3.8) is 0 Å². The molecule has 3 aromatic carbocycles. The van der Waals surface area contributed by atoms with Gasteiger partial charge in [0.25, 0.3) is 0 Å². The van der Waals surface area contributed by atoms with Crippen molar-refractivity contribution in [2.45, 2.75) is 13.1 Å². The van der Waals surface area contributed by atoms with Crippen LogP contribution in [0.2, 0.25) is 0 Å². The highest BCUT2D eigenvalue weighted by molar-refractivity contribution is 5.96. The summed E-state index contributed by atoms with van der Waals surface area (Å²) in [7, 11) is 1.67. The van der Waals surface area contributed by atoms with Crippen LogP contribution >= 0.6 is 0 Å². The van der Waals surface area contributed by atoms with Crippen molar-refractivity contribution in [2.24, 2.45) is 0 Å². The predicted molar refractivity (Wildman–Crippen MR) is 161 cm³/mol. The van der Waals surface area contributed by atoms with E-state index in [1.807, 2.05) is 60.9 Å². The van der Waals surface area contributed by atoms with Gasteiger partial charge in [0, 0.05) is 36.6 Å². The number of methoxy groups -OCH3 is 1. The van der Waals surface area contributed by atoms with Gasteiger partial charge >= 0.3 is 0 Å². The number of rotatable bonds is 8. The topological polar surface area (TPSA) is 104 Å². The van der Waals surface area contributed by atoms with Crippen molar-refractivity contribution in [3.05, 3.63) is 115 Å². The fraction of sp³-hybridized carbons (Fsp3) is 0.0909. The normalized spacial score (nSPS) is 11.3. The number of ether oxygens (including phenoxy) is 1. The van der Waals surface area contributed by atoms with Gasteiger partial charge < -0.3 is 15.0 Å². The van der Waals surface area contributed by atoms with Crippen LogP contribution in [0.3, 0.4) is 0 Å². The minimum Gasteiger partial charge on any atom is -0.497 e. The molecule has 0 bridgehead atoms. The van der Waals surface area contributed by atoms with E-state index in [2.05, 4.69) is 67.9 Å². The molecule has 0 aliphatic heterocycles. The van der Waals surface area contributed by atoms with Gasteiger partial charge in [0.15, 0.2) is 11.5 Å². The fourth-order valence-corrected chi connectivity index (χ4v) is 5.06. The van der Waals surface area contributed by atoms with Crippen LogP contribution in [0.25, 0.3) is 56.0 Å². The number of hydrogen-bond donors (Lipinski definition) is 3. The van der Waals surface area contributed by atoms with Crippen molar-refractivity contribution in [3.8, 4) is 39.7 Å². The van der Waals surface area contributed by atoms with Gasteiger partial charge in [-0.15, -0.1) is 0 Å². The first kappa shape index (κ1) is 24.7. The molecular formula is C33H27N7O. The fourth-order valence-electron chi connectivity index (χ4n) is 5.06. The Morgan fingerprint density at radius 2 is 1.61 bits per heavy atom. The number of aromatic nitrogens is 6. The summed E-state index contributed by atoms with van der Waals surface area (Å²) in [5, 5.41) is 11.2. The standard InChI is InChI=1S/C33H27N7O/c1-41-25-10-5-9-23(16-25)26-11-6-12-28-30(26)38-33(37-28)32-31-29(39-40-32)14-13-27(36-31)24-15-22(19-35-20-24)18-34-17-21-7-3-2-4-8-21/h2-16,19-20,34H,17-18H2,1H3,(H,37,38)(H,39,40). The average Bonchev–Trinajstić information content (AvgIpc) is 3.65. The third kappa shape index (κ3) is 4.92. The zero-order valence-electron chi connectivity index (χ0n) is 22.4. The molecule has 200 valence electrons. The summed E-state index contributed by atoms with van der Waals surface area (Å²) in [6, 6.07) is 30.6. The van der Waals surface area contributed by atoms with Gasteiger partial charge in [0.2, 0.25) is 0 Å². The molecule has 7 rings (SSSR count). The number of hydrogen-bond acceptors (Lipinski definition) is 6. The van der Waals surface area contributed by atoms with Gasteiger partial charge in [-0.25, -0.2) is 9.97 Å². The molecule has 0 fully saturated rings. The highest BCUT2D eigenvalue weighted by Gasteiger charge is 2.17. The van der Waals surface area contributed by atoms with Crippen LogP contribution in [0.15, 0.2) is 103 Å². The summed E-state index contributed by atoms with van der Waals surface area (Å²) < 4.78 is 5.43. The van der Waals surface area contributed by atoms with Crippen LogP contribution in [-0.2, 0) is 13.1 Å². The first-order chi connectivity index (χ1) is 20.2. The van der Waals surface area contributed by atoms with E-state index in [9.17, 15) is 0 Å².